The minimum absolute atomic E-state index is 0.0890. The number of aromatic nitrogens is 1. The van der Waals surface area contributed by atoms with Gasteiger partial charge < -0.3 is 25.3 Å². The number of methoxy groups -OCH3 is 1. The highest BCUT2D eigenvalue weighted by Crippen LogP contribution is 2.30. The Morgan fingerprint density at radius 2 is 1.94 bits per heavy atom. The number of amides is 1. The van der Waals surface area contributed by atoms with Gasteiger partial charge >= 0.3 is 0 Å². The zero-order chi connectivity index (χ0) is 24.7. The van der Waals surface area contributed by atoms with Crippen molar-refractivity contribution >= 4 is 22.5 Å². The summed E-state index contributed by atoms with van der Waals surface area (Å²) in [4.78, 5) is 17.3. The predicted octanol–water partition coefficient (Wildman–Crippen LogP) is 4.58. The van der Waals surface area contributed by atoms with Gasteiger partial charge in [0.1, 0.15) is 18.1 Å². The molecule has 0 spiro atoms. The van der Waals surface area contributed by atoms with E-state index in [4.69, 9.17) is 19.9 Å². The van der Waals surface area contributed by atoms with Crippen LogP contribution in [0.3, 0.4) is 0 Å². The van der Waals surface area contributed by atoms with E-state index in [0.29, 0.717) is 24.7 Å². The quantitative estimate of drug-likeness (QED) is 0.403. The van der Waals surface area contributed by atoms with Crippen LogP contribution in [0.25, 0.3) is 10.9 Å². The lowest BCUT2D eigenvalue weighted by molar-refractivity contribution is -0.122. The van der Waals surface area contributed by atoms with E-state index >= 15 is 0 Å². The average molecular weight is 466 g/mol. The van der Waals surface area contributed by atoms with E-state index < -0.39 is 5.54 Å². The van der Waals surface area contributed by atoms with Crippen LogP contribution in [0, 0.1) is 6.92 Å². The fraction of sp³-hybridized carbons (Fsp3) is 0.407. The lowest BCUT2D eigenvalue weighted by Crippen LogP contribution is -2.48. The molecule has 0 aliphatic heterocycles. The fourth-order valence-corrected chi connectivity index (χ4v) is 3.83. The summed E-state index contributed by atoms with van der Waals surface area (Å²) in [7, 11) is 1.63. The molecule has 0 fully saturated rings. The van der Waals surface area contributed by atoms with Crippen molar-refractivity contribution < 1.29 is 19.0 Å². The van der Waals surface area contributed by atoms with E-state index in [1.165, 1.54) is 0 Å². The van der Waals surface area contributed by atoms with Gasteiger partial charge in [0.2, 0.25) is 5.91 Å². The summed E-state index contributed by atoms with van der Waals surface area (Å²) in [5, 5.41) is 3.86. The number of benzene rings is 2. The van der Waals surface area contributed by atoms with Crippen LogP contribution in [0.15, 0.2) is 42.5 Å². The number of ether oxygens (including phenoxy) is 3. The number of nitrogens with zero attached hydrogens (tertiary/aromatic N) is 1. The maximum Gasteiger partial charge on any atom is 0.224 e. The van der Waals surface area contributed by atoms with E-state index in [-0.39, 0.29) is 18.9 Å². The Labute approximate surface area is 201 Å². The number of carbonyl (C=O) groups is 1. The number of nitrogens with two attached hydrogens (primary N) is 1. The maximum absolute atomic E-state index is 12.8. The Kier molecular flexibility index (Phi) is 8.34. The van der Waals surface area contributed by atoms with Crippen molar-refractivity contribution in [1.82, 2.24) is 10.3 Å². The van der Waals surface area contributed by atoms with Crippen LogP contribution in [0.1, 0.15) is 44.0 Å². The standard InChI is InChI=1S/C27H35N3O4/c1-6-12-33-16-20-14-19(10-11-23(20)32-5)15-25(31)30-27(3,4)17-34-24-9-7-8-22-26(24)21(28)13-18(2)29-22/h7-11,13-14H,6,12,15-17H2,1-5H3,(H2,28,29)(H,30,31). The Balaban J connectivity index is 1.64. The SMILES string of the molecule is CCCOCc1cc(CC(=O)NC(C)(C)COc2cccc3nc(C)cc(N)c23)ccc1OC. The number of fused-ring (bicyclic) bond motifs is 1. The van der Waals surface area contributed by atoms with Gasteiger partial charge in [-0.3, -0.25) is 9.78 Å². The van der Waals surface area contributed by atoms with E-state index in [0.717, 1.165) is 39.9 Å². The summed E-state index contributed by atoms with van der Waals surface area (Å²) in [6.45, 7) is 9.25. The summed E-state index contributed by atoms with van der Waals surface area (Å²) < 4.78 is 17.2. The van der Waals surface area contributed by atoms with Crippen LogP contribution in [0.5, 0.6) is 11.5 Å². The molecule has 0 atom stereocenters. The second-order valence-corrected chi connectivity index (χ2v) is 9.10. The van der Waals surface area contributed by atoms with E-state index in [1.54, 1.807) is 7.11 Å². The average Bonchev–Trinajstić information content (AvgIpc) is 2.77. The van der Waals surface area contributed by atoms with Crippen LogP contribution in [0.2, 0.25) is 0 Å². The van der Waals surface area contributed by atoms with Crippen molar-refractivity contribution in [2.24, 2.45) is 0 Å². The third-order valence-electron chi connectivity index (χ3n) is 5.34. The largest absolute Gasteiger partial charge is 0.496 e. The second kappa shape index (κ2) is 11.2. The van der Waals surface area contributed by atoms with Gasteiger partial charge in [-0.2, -0.15) is 0 Å². The first-order chi connectivity index (χ1) is 16.2. The molecule has 0 saturated heterocycles. The number of rotatable bonds is 11. The zero-order valence-electron chi connectivity index (χ0n) is 20.7. The molecule has 3 rings (SSSR count). The first-order valence-electron chi connectivity index (χ1n) is 11.6. The number of anilines is 1. The monoisotopic (exact) mass is 465 g/mol. The summed E-state index contributed by atoms with van der Waals surface area (Å²) >= 11 is 0. The molecule has 0 aliphatic rings. The number of hydrogen-bond acceptors (Lipinski definition) is 6. The molecule has 0 bridgehead atoms. The molecule has 1 aromatic heterocycles. The van der Waals surface area contributed by atoms with Crippen LogP contribution >= 0.6 is 0 Å². The molecule has 1 amide bonds. The minimum Gasteiger partial charge on any atom is -0.496 e. The van der Waals surface area contributed by atoms with Crippen molar-refractivity contribution in [2.45, 2.75) is 52.7 Å². The van der Waals surface area contributed by atoms with Gasteiger partial charge in [-0.05, 0) is 63.1 Å². The molecule has 0 radical (unpaired) electrons. The molecule has 3 N–H and O–H groups in total. The molecule has 1 heterocycles. The van der Waals surface area contributed by atoms with E-state index in [1.807, 2.05) is 63.2 Å². The van der Waals surface area contributed by atoms with Gasteiger partial charge in [-0.1, -0.05) is 19.1 Å². The van der Waals surface area contributed by atoms with E-state index in [2.05, 4.69) is 17.2 Å². The topological polar surface area (TPSA) is 95.7 Å². The number of aryl methyl sites for hydroxylation is 1. The first kappa shape index (κ1) is 25.3. The van der Waals surface area contributed by atoms with Crippen LogP contribution < -0.4 is 20.5 Å². The van der Waals surface area contributed by atoms with Crippen molar-refractivity contribution in [3.63, 3.8) is 0 Å². The van der Waals surface area contributed by atoms with Gasteiger partial charge in [0.25, 0.3) is 0 Å². The summed E-state index contributed by atoms with van der Waals surface area (Å²) in [5.74, 6) is 1.32. The van der Waals surface area contributed by atoms with Gasteiger partial charge in [-0.25, -0.2) is 0 Å². The number of nitrogen functional groups attached to an aromatic ring is 1. The van der Waals surface area contributed by atoms with Crippen LogP contribution in [-0.4, -0.2) is 36.8 Å². The molecule has 0 aliphatic carbocycles. The molecule has 34 heavy (non-hydrogen) atoms. The molecular weight excluding hydrogens is 430 g/mol. The molecule has 182 valence electrons. The number of hydrogen-bond donors (Lipinski definition) is 2. The summed E-state index contributed by atoms with van der Waals surface area (Å²) in [6, 6.07) is 13.2. The van der Waals surface area contributed by atoms with Crippen molar-refractivity contribution in [3.8, 4) is 11.5 Å². The summed E-state index contributed by atoms with van der Waals surface area (Å²) in [6.07, 6.45) is 1.20. The van der Waals surface area contributed by atoms with Gasteiger partial charge in [0.15, 0.2) is 0 Å². The summed E-state index contributed by atoms with van der Waals surface area (Å²) in [5.41, 5.74) is 9.73. The van der Waals surface area contributed by atoms with Crippen molar-refractivity contribution in [1.29, 1.82) is 0 Å². The molecular formula is C27H35N3O4. The van der Waals surface area contributed by atoms with Gasteiger partial charge in [0, 0.05) is 23.6 Å². The molecule has 7 heteroatoms. The highest BCUT2D eigenvalue weighted by molar-refractivity contribution is 5.95. The van der Waals surface area contributed by atoms with Crippen LogP contribution in [-0.2, 0) is 22.6 Å². The van der Waals surface area contributed by atoms with Crippen molar-refractivity contribution in [3.05, 3.63) is 59.3 Å². The third-order valence-corrected chi connectivity index (χ3v) is 5.34. The second-order valence-electron chi connectivity index (χ2n) is 9.10. The first-order valence-corrected chi connectivity index (χ1v) is 11.6. The van der Waals surface area contributed by atoms with Gasteiger partial charge in [-0.15, -0.1) is 0 Å². The minimum atomic E-state index is -0.592. The Hall–Kier alpha value is -3.32. The smallest absolute Gasteiger partial charge is 0.224 e. The molecule has 2 aromatic carbocycles. The van der Waals surface area contributed by atoms with E-state index in [9.17, 15) is 4.79 Å². The lowest BCUT2D eigenvalue weighted by Gasteiger charge is -2.27. The highest BCUT2D eigenvalue weighted by atomic mass is 16.5. The van der Waals surface area contributed by atoms with Crippen molar-refractivity contribution in [2.75, 3.05) is 26.1 Å². The van der Waals surface area contributed by atoms with Gasteiger partial charge in [0.05, 0.1) is 36.6 Å². The molecule has 0 unspecified atom stereocenters. The molecule has 3 aromatic rings. The molecule has 0 saturated carbocycles. The highest BCUT2D eigenvalue weighted by Gasteiger charge is 2.23. The predicted molar refractivity (Wildman–Crippen MR) is 135 cm³/mol. The number of nitrogens with one attached hydrogen (secondary N) is 1. The molecule has 7 nitrogen and oxygen atoms in total. The van der Waals surface area contributed by atoms with Crippen LogP contribution in [0.4, 0.5) is 5.69 Å². The fourth-order valence-electron chi connectivity index (χ4n) is 3.83. The Morgan fingerprint density at radius 3 is 2.68 bits per heavy atom. The Morgan fingerprint density at radius 1 is 1.15 bits per heavy atom. The lowest BCUT2D eigenvalue weighted by atomic mass is 10.0. The third kappa shape index (κ3) is 6.60. The number of carbonyl (C=O) groups excluding carboxylic acids is 1. The Bertz CT molecular complexity index is 1140. The number of pyridine rings is 1. The maximum atomic E-state index is 12.8. The normalized spacial score (nSPS) is 11.4. The zero-order valence-corrected chi connectivity index (χ0v) is 20.7.